The van der Waals surface area contributed by atoms with Crippen LogP contribution in [0.3, 0.4) is 0 Å². The van der Waals surface area contributed by atoms with Crippen molar-refractivity contribution < 1.29 is 14.3 Å². The molecule has 2 rings (SSSR count). The van der Waals surface area contributed by atoms with Crippen molar-refractivity contribution >= 4 is 20.0 Å². The van der Waals surface area contributed by atoms with Gasteiger partial charge in [-0.2, -0.15) is 5.10 Å². The predicted molar refractivity (Wildman–Crippen MR) is 106 cm³/mol. The summed E-state index contributed by atoms with van der Waals surface area (Å²) in [6.07, 6.45) is -0.343. The number of nitrogens with zero attached hydrogens (tertiary/aromatic N) is 3. The van der Waals surface area contributed by atoms with Crippen LogP contribution in [0.15, 0.2) is 0 Å². The Balaban J connectivity index is 2.15. The van der Waals surface area contributed by atoms with Crippen LogP contribution < -0.4 is 5.73 Å². The Morgan fingerprint density at radius 3 is 2.46 bits per heavy atom. The quantitative estimate of drug-likeness (QED) is 0.619. The number of hydrogen-bond donors (Lipinski definition) is 1. The number of ether oxygens (including phenoxy) is 2. The molecule has 8 heteroatoms. The number of nitrogens with two attached hydrogens (primary N) is 1. The van der Waals surface area contributed by atoms with Gasteiger partial charge in [0.2, 0.25) is 0 Å². The van der Waals surface area contributed by atoms with Gasteiger partial charge in [0, 0.05) is 20.2 Å². The van der Waals surface area contributed by atoms with Gasteiger partial charge in [-0.25, -0.2) is 9.48 Å². The summed E-state index contributed by atoms with van der Waals surface area (Å²) in [6.45, 7) is 18.0. The van der Waals surface area contributed by atoms with Crippen LogP contribution in [0.1, 0.15) is 45.9 Å². The van der Waals surface area contributed by atoms with Gasteiger partial charge in [-0.3, -0.25) is 4.90 Å². The van der Waals surface area contributed by atoms with E-state index in [1.807, 2.05) is 34.6 Å². The van der Waals surface area contributed by atoms with E-state index in [-0.39, 0.29) is 6.09 Å². The number of anilines is 1. The van der Waals surface area contributed by atoms with Gasteiger partial charge in [0.05, 0.1) is 17.8 Å². The summed E-state index contributed by atoms with van der Waals surface area (Å²) < 4.78 is 13.2. The first-order chi connectivity index (χ1) is 11.7. The van der Waals surface area contributed by atoms with E-state index in [0.717, 1.165) is 17.3 Å². The highest BCUT2D eigenvalue weighted by Gasteiger charge is 2.46. The largest absolute Gasteiger partial charge is 0.444 e. The number of rotatable bonds is 5. The zero-order valence-corrected chi connectivity index (χ0v) is 18.5. The summed E-state index contributed by atoms with van der Waals surface area (Å²) in [7, 11) is -1.14. The summed E-state index contributed by atoms with van der Waals surface area (Å²) in [4.78, 5) is 14.4. The average molecular weight is 383 g/mol. The third-order valence-electron chi connectivity index (χ3n) is 4.48. The number of nitrogen functional groups attached to an aromatic ring is 1. The normalized spacial score (nSPS) is 16.7. The van der Waals surface area contributed by atoms with E-state index in [1.165, 1.54) is 0 Å². The van der Waals surface area contributed by atoms with Gasteiger partial charge in [-0.1, -0.05) is 19.6 Å². The van der Waals surface area contributed by atoms with Crippen molar-refractivity contribution in [3.05, 3.63) is 11.3 Å². The first-order valence-corrected chi connectivity index (χ1v) is 12.9. The van der Waals surface area contributed by atoms with Crippen molar-refractivity contribution in [2.24, 2.45) is 0 Å². The van der Waals surface area contributed by atoms with Crippen LogP contribution >= 0.6 is 0 Å². The third kappa shape index (κ3) is 4.59. The molecule has 0 radical (unpaired) electrons. The number of aromatic nitrogens is 2. The van der Waals surface area contributed by atoms with Crippen LogP contribution in [-0.4, -0.2) is 41.1 Å². The molecule has 0 bridgehead atoms. The molecule has 26 heavy (non-hydrogen) atoms. The summed E-state index contributed by atoms with van der Waals surface area (Å²) in [5.74, 6) is 0.452. The Bertz CT molecular complexity index is 671. The Morgan fingerprint density at radius 2 is 1.92 bits per heavy atom. The number of carbonyl (C=O) groups excluding carboxylic acids is 1. The van der Waals surface area contributed by atoms with Gasteiger partial charge < -0.3 is 15.2 Å². The van der Waals surface area contributed by atoms with Crippen LogP contribution in [0.4, 0.5) is 10.6 Å². The van der Waals surface area contributed by atoms with E-state index in [1.54, 1.807) is 9.58 Å². The van der Waals surface area contributed by atoms with E-state index in [9.17, 15) is 4.79 Å². The zero-order valence-electron chi connectivity index (χ0n) is 17.5. The second-order valence-corrected chi connectivity index (χ2v) is 15.3. The van der Waals surface area contributed by atoms with Crippen LogP contribution in [0.2, 0.25) is 25.7 Å². The molecule has 0 fully saturated rings. The highest BCUT2D eigenvalue weighted by Crippen LogP contribution is 2.42. The van der Waals surface area contributed by atoms with Gasteiger partial charge in [0.15, 0.2) is 5.82 Å². The molecule has 1 aromatic rings. The van der Waals surface area contributed by atoms with Crippen molar-refractivity contribution in [3.63, 3.8) is 0 Å². The molecule has 0 aromatic carbocycles. The smallest absolute Gasteiger partial charge is 0.411 e. The van der Waals surface area contributed by atoms with Crippen LogP contribution in [0.25, 0.3) is 0 Å². The van der Waals surface area contributed by atoms with Gasteiger partial charge >= 0.3 is 6.09 Å². The number of carbonyl (C=O) groups is 1. The summed E-state index contributed by atoms with van der Waals surface area (Å²) in [6, 6.07) is 1.10. The standard InChI is InChI=1S/C18H34N4O3Si/c1-17(2,3)25-16(23)21-11-13-14(18(21,4)5)22(20-15(13)19)12-24-9-10-26(6,7)8/h9-12H2,1-8H3,(H2,19,20). The molecule has 0 unspecified atom stereocenters. The van der Waals surface area contributed by atoms with E-state index in [0.29, 0.717) is 25.7 Å². The number of amides is 1. The van der Waals surface area contributed by atoms with Crippen molar-refractivity contribution in [2.75, 3.05) is 12.3 Å². The second kappa shape index (κ2) is 6.88. The first-order valence-electron chi connectivity index (χ1n) is 9.16. The van der Waals surface area contributed by atoms with Gasteiger partial charge in [0.25, 0.3) is 0 Å². The molecule has 0 saturated heterocycles. The van der Waals surface area contributed by atoms with E-state index in [4.69, 9.17) is 15.2 Å². The predicted octanol–water partition coefficient (Wildman–Crippen LogP) is 3.76. The molecule has 148 valence electrons. The minimum absolute atomic E-state index is 0.343. The minimum atomic E-state index is -1.14. The lowest BCUT2D eigenvalue weighted by atomic mass is 10.0. The van der Waals surface area contributed by atoms with Gasteiger partial charge in [-0.15, -0.1) is 0 Å². The van der Waals surface area contributed by atoms with Gasteiger partial charge in [-0.05, 0) is 40.7 Å². The molecule has 2 heterocycles. The molecule has 1 amide bonds. The molecule has 0 atom stereocenters. The molecule has 0 aliphatic carbocycles. The first kappa shape index (κ1) is 20.8. The topological polar surface area (TPSA) is 82.6 Å². The number of fused-ring (bicyclic) bond motifs is 1. The molecule has 7 nitrogen and oxygen atoms in total. The SMILES string of the molecule is CC(C)(C)OC(=O)N1Cc2c(N)nn(COCC[Si](C)(C)C)c2C1(C)C. The van der Waals surface area contributed by atoms with Crippen molar-refractivity contribution in [1.29, 1.82) is 0 Å². The Morgan fingerprint density at radius 1 is 1.31 bits per heavy atom. The van der Waals surface area contributed by atoms with Gasteiger partial charge in [0.1, 0.15) is 12.3 Å². The minimum Gasteiger partial charge on any atom is -0.444 e. The maximum Gasteiger partial charge on any atom is 0.411 e. The number of hydrogen-bond acceptors (Lipinski definition) is 5. The van der Waals surface area contributed by atoms with E-state index < -0.39 is 19.2 Å². The lowest BCUT2D eigenvalue weighted by Crippen LogP contribution is -2.44. The Labute approximate surface area is 157 Å². The molecule has 1 aliphatic rings. The lowest BCUT2D eigenvalue weighted by molar-refractivity contribution is 0.00200. The summed E-state index contributed by atoms with van der Waals surface area (Å²) >= 11 is 0. The maximum atomic E-state index is 12.6. The Hall–Kier alpha value is -1.54. The lowest BCUT2D eigenvalue weighted by Gasteiger charge is -2.34. The zero-order chi connectivity index (χ0) is 19.9. The third-order valence-corrected chi connectivity index (χ3v) is 6.18. The average Bonchev–Trinajstić information content (AvgIpc) is 2.88. The van der Waals surface area contributed by atoms with E-state index in [2.05, 4.69) is 24.7 Å². The van der Waals surface area contributed by atoms with E-state index >= 15 is 0 Å². The van der Waals surface area contributed by atoms with Crippen LogP contribution in [-0.2, 0) is 28.3 Å². The fraction of sp³-hybridized carbons (Fsp3) is 0.778. The highest BCUT2D eigenvalue weighted by atomic mass is 28.3. The highest BCUT2D eigenvalue weighted by molar-refractivity contribution is 6.76. The van der Waals surface area contributed by atoms with Crippen molar-refractivity contribution in [1.82, 2.24) is 14.7 Å². The van der Waals surface area contributed by atoms with Crippen LogP contribution in [0.5, 0.6) is 0 Å². The Kier molecular flexibility index (Phi) is 5.50. The summed E-state index contributed by atoms with van der Waals surface area (Å²) in [5.41, 5.74) is 6.82. The maximum absolute atomic E-state index is 12.6. The fourth-order valence-corrected chi connectivity index (χ4v) is 3.83. The van der Waals surface area contributed by atoms with Crippen LogP contribution in [0, 0.1) is 0 Å². The monoisotopic (exact) mass is 382 g/mol. The summed E-state index contributed by atoms with van der Waals surface area (Å²) in [5, 5.41) is 4.43. The molecule has 2 N–H and O–H groups in total. The molecular weight excluding hydrogens is 348 g/mol. The molecule has 1 aromatic heterocycles. The van der Waals surface area contributed by atoms with Crippen molar-refractivity contribution in [2.45, 2.75) is 84.7 Å². The molecule has 0 saturated carbocycles. The second-order valence-electron chi connectivity index (χ2n) is 9.69. The molecule has 0 spiro atoms. The molecule has 1 aliphatic heterocycles. The van der Waals surface area contributed by atoms with Crippen molar-refractivity contribution in [3.8, 4) is 0 Å². The molecular formula is C18H34N4O3Si. The fourth-order valence-electron chi connectivity index (χ4n) is 3.07.